The summed E-state index contributed by atoms with van der Waals surface area (Å²) in [6.45, 7) is 10.2. The molecule has 2 aromatic rings. The van der Waals surface area contributed by atoms with Crippen LogP contribution in [0.3, 0.4) is 0 Å². The Kier molecular flexibility index (Phi) is 3.57. The lowest BCUT2D eigenvalue weighted by Crippen LogP contribution is -2.38. The zero-order valence-corrected chi connectivity index (χ0v) is 13.8. The van der Waals surface area contributed by atoms with Gasteiger partial charge in [0.05, 0.1) is 11.9 Å². The fourth-order valence-electron chi connectivity index (χ4n) is 3.85. The Morgan fingerprint density at radius 3 is 2.59 bits per heavy atom. The first-order valence-corrected chi connectivity index (χ1v) is 8.69. The molecule has 0 amide bonds. The third-order valence-electron chi connectivity index (χ3n) is 5.23. The van der Waals surface area contributed by atoms with Gasteiger partial charge in [0.15, 0.2) is 0 Å². The number of fused-ring (bicyclic) bond motifs is 3. The van der Waals surface area contributed by atoms with Crippen molar-refractivity contribution in [2.45, 2.75) is 52.2 Å². The minimum atomic E-state index is 0.614. The van der Waals surface area contributed by atoms with E-state index in [9.17, 15) is 0 Å². The highest BCUT2D eigenvalue weighted by molar-refractivity contribution is 5.81. The lowest BCUT2D eigenvalue weighted by Gasteiger charge is -2.31. The Bertz CT molecular complexity index is 667. The molecule has 2 aliphatic heterocycles. The van der Waals surface area contributed by atoms with Crippen LogP contribution in [-0.2, 0) is 13.1 Å². The minimum Gasteiger partial charge on any atom is -0.370 e. The van der Waals surface area contributed by atoms with Gasteiger partial charge < -0.3 is 9.47 Å². The van der Waals surface area contributed by atoms with E-state index in [1.54, 1.807) is 0 Å². The molecule has 4 rings (SSSR count). The molecule has 4 heterocycles. The van der Waals surface area contributed by atoms with Crippen LogP contribution in [0.4, 0.5) is 5.69 Å². The number of hydrogen-bond acceptors (Lipinski definition) is 3. The van der Waals surface area contributed by atoms with Crippen molar-refractivity contribution in [3.63, 3.8) is 0 Å². The zero-order chi connectivity index (χ0) is 15.1. The number of hydrogen-bond donors (Lipinski definition) is 0. The number of aromatic nitrogens is 2. The van der Waals surface area contributed by atoms with Crippen LogP contribution in [0.25, 0.3) is 11.0 Å². The van der Waals surface area contributed by atoms with Gasteiger partial charge in [-0.1, -0.05) is 0 Å². The van der Waals surface area contributed by atoms with E-state index in [0.29, 0.717) is 6.04 Å². The molecule has 2 aromatic heterocycles. The molecule has 4 nitrogen and oxygen atoms in total. The molecule has 4 heteroatoms. The molecular weight excluding hydrogens is 272 g/mol. The topological polar surface area (TPSA) is 24.3 Å². The highest BCUT2D eigenvalue weighted by Gasteiger charge is 2.21. The van der Waals surface area contributed by atoms with E-state index in [4.69, 9.17) is 4.98 Å². The van der Waals surface area contributed by atoms with Crippen LogP contribution >= 0.6 is 0 Å². The van der Waals surface area contributed by atoms with Crippen LogP contribution < -0.4 is 4.90 Å². The second-order valence-corrected chi connectivity index (χ2v) is 7.01. The van der Waals surface area contributed by atoms with Gasteiger partial charge in [0.2, 0.25) is 0 Å². The average molecular weight is 298 g/mol. The van der Waals surface area contributed by atoms with Gasteiger partial charge in [-0.2, -0.15) is 0 Å². The Morgan fingerprint density at radius 2 is 1.82 bits per heavy atom. The fourth-order valence-corrected chi connectivity index (χ4v) is 3.85. The summed E-state index contributed by atoms with van der Waals surface area (Å²) in [4.78, 5) is 9.84. The van der Waals surface area contributed by atoms with Crippen LogP contribution in [0.15, 0.2) is 18.3 Å². The van der Waals surface area contributed by atoms with Gasteiger partial charge in [-0.3, -0.25) is 4.90 Å². The summed E-state index contributed by atoms with van der Waals surface area (Å²) >= 11 is 0. The summed E-state index contributed by atoms with van der Waals surface area (Å²) in [6.07, 6.45) is 6.08. The van der Waals surface area contributed by atoms with Gasteiger partial charge in [0, 0.05) is 49.8 Å². The molecule has 2 aliphatic rings. The molecule has 22 heavy (non-hydrogen) atoms. The standard InChI is InChI=1S/C18H26N4/c1-14(2)21-8-9-22-17(13-21)11-15-10-16(12-19-18(15)22)20-6-4-3-5-7-20/h10-12,14H,3-9,13H2,1-2H3. The van der Waals surface area contributed by atoms with Gasteiger partial charge in [-0.05, 0) is 45.2 Å². The molecule has 0 bridgehead atoms. The van der Waals surface area contributed by atoms with E-state index in [1.807, 2.05) is 0 Å². The van der Waals surface area contributed by atoms with Crippen LogP contribution in [0.5, 0.6) is 0 Å². The second-order valence-electron chi connectivity index (χ2n) is 7.01. The number of pyridine rings is 1. The normalized spacial score (nSPS) is 19.9. The number of rotatable bonds is 2. The maximum absolute atomic E-state index is 4.80. The molecule has 118 valence electrons. The van der Waals surface area contributed by atoms with Crippen molar-refractivity contribution < 1.29 is 0 Å². The Hall–Kier alpha value is -1.55. The van der Waals surface area contributed by atoms with Crippen molar-refractivity contribution in [2.24, 2.45) is 0 Å². The summed E-state index contributed by atoms with van der Waals surface area (Å²) in [6, 6.07) is 5.31. The maximum atomic E-state index is 4.80. The molecule has 1 saturated heterocycles. The fraction of sp³-hybridized carbons (Fsp3) is 0.611. The van der Waals surface area contributed by atoms with Crippen LogP contribution in [0, 0.1) is 0 Å². The highest BCUT2D eigenvalue weighted by atomic mass is 15.2. The molecule has 0 saturated carbocycles. The smallest absolute Gasteiger partial charge is 0.140 e. The summed E-state index contributed by atoms with van der Waals surface area (Å²) in [5.74, 6) is 0. The Balaban J connectivity index is 1.67. The average Bonchev–Trinajstić information content (AvgIpc) is 2.92. The van der Waals surface area contributed by atoms with Gasteiger partial charge in [0.1, 0.15) is 5.65 Å². The summed E-state index contributed by atoms with van der Waals surface area (Å²) < 4.78 is 2.41. The largest absolute Gasteiger partial charge is 0.370 e. The van der Waals surface area contributed by atoms with Crippen LogP contribution in [-0.4, -0.2) is 40.1 Å². The van der Waals surface area contributed by atoms with Crippen molar-refractivity contribution in [1.82, 2.24) is 14.5 Å². The first-order valence-electron chi connectivity index (χ1n) is 8.69. The molecule has 0 aromatic carbocycles. The van der Waals surface area contributed by atoms with Crippen molar-refractivity contribution in [3.8, 4) is 0 Å². The minimum absolute atomic E-state index is 0.614. The van der Waals surface area contributed by atoms with E-state index in [2.05, 4.69) is 46.5 Å². The van der Waals surface area contributed by atoms with Gasteiger partial charge >= 0.3 is 0 Å². The summed E-state index contributed by atoms with van der Waals surface area (Å²) in [5.41, 5.74) is 3.88. The quantitative estimate of drug-likeness (QED) is 0.850. The van der Waals surface area contributed by atoms with Gasteiger partial charge in [-0.15, -0.1) is 0 Å². The first-order chi connectivity index (χ1) is 10.7. The van der Waals surface area contributed by atoms with Gasteiger partial charge in [0.25, 0.3) is 0 Å². The Morgan fingerprint density at radius 1 is 1.00 bits per heavy atom. The monoisotopic (exact) mass is 298 g/mol. The zero-order valence-electron chi connectivity index (χ0n) is 13.8. The molecule has 0 atom stereocenters. The SMILES string of the molecule is CC(C)N1CCn2c(cc3cc(N4CCCCC4)cnc32)C1. The van der Waals surface area contributed by atoms with Crippen molar-refractivity contribution in [2.75, 3.05) is 24.5 Å². The van der Waals surface area contributed by atoms with Crippen molar-refractivity contribution in [1.29, 1.82) is 0 Å². The second kappa shape index (κ2) is 5.58. The lowest BCUT2D eigenvalue weighted by molar-refractivity contribution is 0.178. The summed E-state index contributed by atoms with van der Waals surface area (Å²) in [7, 11) is 0. The number of nitrogens with zero attached hydrogens (tertiary/aromatic N) is 4. The predicted molar refractivity (Wildman–Crippen MR) is 91.3 cm³/mol. The van der Waals surface area contributed by atoms with Crippen molar-refractivity contribution >= 4 is 16.7 Å². The number of piperidine rings is 1. The highest BCUT2D eigenvalue weighted by Crippen LogP contribution is 2.28. The molecule has 1 fully saturated rings. The van der Waals surface area contributed by atoms with E-state index in [-0.39, 0.29) is 0 Å². The van der Waals surface area contributed by atoms with Gasteiger partial charge in [-0.25, -0.2) is 4.98 Å². The van der Waals surface area contributed by atoms with Crippen molar-refractivity contribution in [3.05, 3.63) is 24.0 Å². The summed E-state index contributed by atoms with van der Waals surface area (Å²) in [5, 5.41) is 1.31. The van der Waals surface area contributed by atoms with E-state index >= 15 is 0 Å². The molecule has 0 radical (unpaired) electrons. The predicted octanol–water partition coefficient (Wildman–Crippen LogP) is 3.25. The van der Waals surface area contributed by atoms with E-state index in [1.165, 1.54) is 54.8 Å². The van der Waals surface area contributed by atoms with Crippen LogP contribution in [0.2, 0.25) is 0 Å². The molecule has 0 aliphatic carbocycles. The molecular formula is C18H26N4. The molecule has 0 N–H and O–H groups in total. The molecule has 0 spiro atoms. The lowest BCUT2D eigenvalue weighted by atomic mass is 10.1. The Labute approximate surface area is 132 Å². The first kappa shape index (κ1) is 14.1. The number of anilines is 1. The molecule has 0 unspecified atom stereocenters. The maximum Gasteiger partial charge on any atom is 0.140 e. The van der Waals surface area contributed by atoms with E-state index < -0.39 is 0 Å². The third-order valence-corrected chi connectivity index (χ3v) is 5.23. The van der Waals surface area contributed by atoms with Crippen LogP contribution in [0.1, 0.15) is 38.8 Å². The van der Waals surface area contributed by atoms with E-state index in [0.717, 1.165) is 19.6 Å². The third kappa shape index (κ3) is 2.39.